The van der Waals surface area contributed by atoms with Crippen LogP contribution < -0.4 is 10.6 Å². The number of benzene rings is 2. The summed E-state index contributed by atoms with van der Waals surface area (Å²) in [5, 5.41) is 5.73. The van der Waals surface area contributed by atoms with Gasteiger partial charge in [-0.1, -0.05) is 31.2 Å². The van der Waals surface area contributed by atoms with E-state index in [-0.39, 0.29) is 11.8 Å². The predicted octanol–water partition coefficient (Wildman–Crippen LogP) is 4.12. The second-order valence-electron chi connectivity index (χ2n) is 5.16. The number of hydrogen-bond donors (Lipinski definition) is 2. The van der Waals surface area contributed by atoms with Crippen LogP contribution in [0, 0.1) is 0 Å². The van der Waals surface area contributed by atoms with E-state index >= 15 is 0 Å². The largest absolute Gasteiger partial charge is 0.348 e. The lowest BCUT2D eigenvalue weighted by Gasteiger charge is -2.09. The summed E-state index contributed by atoms with van der Waals surface area (Å²) in [7, 11) is 0. The van der Waals surface area contributed by atoms with Crippen molar-refractivity contribution in [2.75, 3.05) is 5.32 Å². The van der Waals surface area contributed by atoms with Crippen LogP contribution in [0.25, 0.3) is 0 Å². The number of carbonyl (C=O) groups is 2. The molecule has 0 heterocycles. The fourth-order valence-corrected chi connectivity index (χ4v) is 2.60. The van der Waals surface area contributed by atoms with Crippen molar-refractivity contribution in [2.45, 2.75) is 26.3 Å². The first kappa shape index (κ1) is 17.2. The lowest BCUT2D eigenvalue weighted by molar-refractivity contribution is -0.116. The predicted molar refractivity (Wildman–Crippen MR) is 95.3 cm³/mol. The highest BCUT2D eigenvalue weighted by molar-refractivity contribution is 9.10. The van der Waals surface area contributed by atoms with Crippen LogP contribution in [0.1, 0.15) is 35.7 Å². The Labute approximate surface area is 144 Å². The van der Waals surface area contributed by atoms with Crippen molar-refractivity contribution in [2.24, 2.45) is 0 Å². The molecule has 120 valence electrons. The molecule has 0 aliphatic heterocycles. The summed E-state index contributed by atoms with van der Waals surface area (Å²) in [5.41, 5.74) is 2.27. The van der Waals surface area contributed by atoms with Gasteiger partial charge in [0.1, 0.15) is 0 Å². The van der Waals surface area contributed by atoms with Gasteiger partial charge in [0.25, 0.3) is 5.91 Å². The molecule has 0 unspecified atom stereocenters. The first-order valence-electron chi connectivity index (χ1n) is 7.51. The Balaban J connectivity index is 1.97. The summed E-state index contributed by atoms with van der Waals surface area (Å²) in [6.45, 7) is 2.37. The monoisotopic (exact) mass is 374 g/mol. The van der Waals surface area contributed by atoms with Gasteiger partial charge < -0.3 is 10.6 Å². The van der Waals surface area contributed by atoms with Crippen LogP contribution in [0.2, 0.25) is 0 Å². The van der Waals surface area contributed by atoms with E-state index in [0.29, 0.717) is 18.5 Å². The summed E-state index contributed by atoms with van der Waals surface area (Å²) >= 11 is 3.37. The molecule has 0 aliphatic rings. The van der Waals surface area contributed by atoms with E-state index in [0.717, 1.165) is 22.1 Å². The molecule has 0 aliphatic carbocycles. The standard InChI is InChI=1S/C18H19BrN2O2/c1-2-6-17(22)21-14-8-5-7-13(11-14)12-20-18(23)15-9-3-4-10-16(15)19/h3-5,7-11H,2,6,12H2,1H3,(H,20,23)(H,21,22). The minimum atomic E-state index is -0.141. The second-order valence-corrected chi connectivity index (χ2v) is 6.02. The highest BCUT2D eigenvalue weighted by Crippen LogP contribution is 2.16. The number of rotatable bonds is 6. The van der Waals surface area contributed by atoms with Gasteiger partial charge in [0.15, 0.2) is 0 Å². The zero-order valence-electron chi connectivity index (χ0n) is 12.9. The smallest absolute Gasteiger partial charge is 0.252 e. The van der Waals surface area contributed by atoms with Crippen molar-refractivity contribution in [3.05, 3.63) is 64.1 Å². The molecular formula is C18H19BrN2O2. The van der Waals surface area contributed by atoms with Crippen LogP contribution >= 0.6 is 15.9 Å². The minimum absolute atomic E-state index is 0.00176. The lowest BCUT2D eigenvalue weighted by Crippen LogP contribution is -2.23. The zero-order chi connectivity index (χ0) is 16.7. The van der Waals surface area contributed by atoms with Gasteiger partial charge in [-0.2, -0.15) is 0 Å². The number of halogens is 1. The molecule has 2 rings (SSSR count). The fourth-order valence-electron chi connectivity index (χ4n) is 2.13. The number of hydrogen-bond acceptors (Lipinski definition) is 2. The highest BCUT2D eigenvalue weighted by Gasteiger charge is 2.09. The Morgan fingerprint density at radius 1 is 1.09 bits per heavy atom. The maximum Gasteiger partial charge on any atom is 0.252 e. The topological polar surface area (TPSA) is 58.2 Å². The van der Waals surface area contributed by atoms with Gasteiger partial charge in [-0.25, -0.2) is 0 Å². The summed E-state index contributed by atoms with van der Waals surface area (Å²) < 4.78 is 0.762. The van der Waals surface area contributed by atoms with Crippen LogP contribution in [-0.4, -0.2) is 11.8 Å². The molecule has 5 heteroatoms. The summed E-state index contributed by atoms with van der Waals surface area (Å²) in [6.07, 6.45) is 1.32. The summed E-state index contributed by atoms with van der Waals surface area (Å²) in [6, 6.07) is 14.8. The normalized spacial score (nSPS) is 10.2. The molecule has 0 spiro atoms. The molecule has 2 amide bonds. The van der Waals surface area contributed by atoms with E-state index in [1.807, 2.05) is 49.4 Å². The van der Waals surface area contributed by atoms with Crippen LogP contribution in [0.15, 0.2) is 53.0 Å². The lowest BCUT2D eigenvalue weighted by atomic mass is 10.1. The molecular weight excluding hydrogens is 356 g/mol. The van der Waals surface area contributed by atoms with Gasteiger partial charge in [-0.15, -0.1) is 0 Å². The molecule has 4 nitrogen and oxygen atoms in total. The molecule has 2 N–H and O–H groups in total. The third kappa shape index (κ3) is 5.21. The van der Waals surface area contributed by atoms with Crippen LogP contribution in [0.5, 0.6) is 0 Å². The van der Waals surface area contributed by atoms with Crippen LogP contribution in [0.3, 0.4) is 0 Å². The quantitative estimate of drug-likeness (QED) is 0.798. The molecule has 0 bridgehead atoms. The van der Waals surface area contributed by atoms with Crippen molar-refractivity contribution in [3.8, 4) is 0 Å². The summed E-state index contributed by atoms with van der Waals surface area (Å²) in [4.78, 5) is 23.8. The zero-order valence-corrected chi connectivity index (χ0v) is 14.5. The molecule has 0 radical (unpaired) electrons. The van der Waals surface area contributed by atoms with E-state index in [2.05, 4.69) is 26.6 Å². The van der Waals surface area contributed by atoms with Crippen molar-refractivity contribution in [1.29, 1.82) is 0 Å². The van der Waals surface area contributed by atoms with Crippen LogP contribution in [-0.2, 0) is 11.3 Å². The molecule has 0 saturated heterocycles. The fraction of sp³-hybridized carbons (Fsp3) is 0.222. The number of amides is 2. The Bertz CT molecular complexity index is 701. The van der Waals surface area contributed by atoms with Crippen molar-refractivity contribution >= 4 is 33.4 Å². The maximum absolute atomic E-state index is 12.2. The number of nitrogens with one attached hydrogen (secondary N) is 2. The SMILES string of the molecule is CCCC(=O)Nc1cccc(CNC(=O)c2ccccc2Br)c1. The molecule has 2 aromatic carbocycles. The van der Waals surface area contributed by atoms with E-state index in [4.69, 9.17) is 0 Å². The van der Waals surface area contributed by atoms with Gasteiger partial charge in [0.2, 0.25) is 5.91 Å². The Hall–Kier alpha value is -2.14. The van der Waals surface area contributed by atoms with Gasteiger partial charge >= 0.3 is 0 Å². The Morgan fingerprint density at radius 2 is 1.87 bits per heavy atom. The third-order valence-electron chi connectivity index (χ3n) is 3.26. The number of anilines is 1. The minimum Gasteiger partial charge on any atom is -0.348 e. The number of carbonyl (C=O) groups excluding carboxylic acids is 2. The van der Waals surface area contributed by atoms with Crippen LogP contribution in [0.4, 0.5) is 5.69 Å². The van der Waals surface area contributed by atoms with Crippen molar-refractivity contribution < 1.29 is 9.59 Å². The first-order valence-corrected chi connectivity index (χ1v) is 8.31. The Morgan fingerprint density at radius 3 is 2.61 bits per heavy atom. The van der Waals surface area contributed by atoms with E-state index in [1.54, 1.807) is 6.07 Å². The maximum atomic E-state index is 12.2. The average molecular weight is 375 g/mol. The molecule has 0 fully saturated rings. The summed E-state index contributed by atoms with van der Waals surface area (Å²) in [5.74, 6) is -0.139. The van der Waals surface area contributed by atoms with Crippen molar-refractivity contribution in [1.82, 2.24) is 5.32 Å². The second kappa shape index (κ2) is 8.48. The van der Waals surface area contributed by atoms with Gasteiger partial charge in [-0.3, -0.25) is 9.59 Å². The van der Waals surface area contributed by atoms with Crippen molar-refractivity contribution in [3.63, 3.8) is 0 Å². The Kier molecular flexibility index (Phi) is 6.35. The van der Waals surface area contributed by atoms with Gasteiger partial charge in [-0.05, 0) is 52.2 Å². The van der Waals surface area contributed by atoms with Gasteiger partial charge in [0, 0.05) is 23.1 Å². The third-order valence-corrected chi connectivity index (χ3v) is 3.95. The molecule has 0 atom stereocenters. The van der Waals surface area contributed by atoms with E-state index < -0.39 is 0 Å². The highest BCUT2D eigenvalue weighted by atomic mass is 79.9. The van der Waals surface area contributed by atoms with Gasteiger partial charge in [0.05, 0.1) is 5.56 Å². The molecule has 2 aromatic rings. The van der Waals surface area contributed by atoms with E-state index in [9.17, 15) is 9.59 Å². The molecule has 0 aromatic heterocycles. The first-order chi connectivity index (χ1) is 11.1. The average Bonchev–Trinajstić information content (AvgIpc) is 2.53. The van der Waals surface area contributed by atoms with E-state index in [1.165, 1.54) is 0 Å². The molecule has 23 heavy (non-hydrogen) atoms. The molecule has 0 saturated carbocycles.